The van der Waals surface area contributed by atoms with Crippen molar-refractivity contribution in [1.82, 2.24) is 0 Å². The molecule has 64 heavy (non-hydrogen) atoms. The first-order valence-corrected chi connectivity index (χ1v) is 27.3. The molecule has 4 N–H and O–H groups in total. The van der Waals surface area contributed by atoms with Crippen LogP contribution in [0.5, 0.6) is 0 Å². The molecule has 0 aromatic heterocycles. The molecule has 0 aliphatic carbocycles. The van der Waals surface area contributed by atoms with Gasteiger partial charge in [0.2, 0.25) is 0 Å². The Bertz CT molecular complexity index is 1050. The molecule has 378 valence electrons. The van der Waals surface area contributed by atoms with E-state index in [2.05, 4.69) is 26.0 Å². The lowest BCUT2D eigenvalue weighted by Gasteiger charge is -2.39. The van der Waals surface area contributed by atoms with Crippen molar-refractivity contribution in [2.75, 3.05) is 19.8 Å². The maximum Gasteiger partial charge on any atom is 0.306 e. The summed E-state index contributed by atoms with van der Waals surface area (Å²) in [7, 11) is 0. The smallest absolute Gasteiger partial charge is 0.306 e. The molecule has 10 heteroatoms. The number of esters is 2. The van der Waals surface area contributed by atoms with Gasteiger partial charge in [-0.25, -0.2) is 0 Å². The minimum Gasteiger partial charge on any atom is -0.462 e. The summed E-state index contributed by atoms with van der Waals surface area (Å²) in [5.74, 6) is -0.800. The lowest BCUT2D eigenvalue weighted by atomic mass is 9.99. The van der Waals surface area contributed by atoms with Crippen molar-refractivity contribution < 1.29 is 49.0 Å². The Hall–Kier alpha value is -1.56. The molecule has 10 nitrogen and oxygen atoms in total. The monoisotopic (exact) mass is 911 g/mol. The summed E-state index contributed by atoms with van der Waals surface area (Å²) < 4.78 is 22.3. The second-order valence-electron chi connectivity index (χ2n) is 19.0. The number of allylic oxidation sites excluding steroid dienone is 2. The topological polar surface area (TPSA) is 152 Å². The van der Waals surface area contributed by atoms with Crippen LogP contribution in [0, 0.1) is 0 Å². The van der Waals surface area contributed by atoms with Gasteiger partial charge in [0.15, 0.2) is 12.4 Å². The van der Waals surface area contributed by atoms with E-state index >= 15 is 0 Å². The molecular formula is C54H102O10. The molecule has 0 amide bonds. The summed E-state index contributed by atoms with van der Waals surface area (Å²) in [6.07, 6.45) is 43.7. The van der Waals surface area contributed by atoms with Gasteiger partial charge in [-0.15, -0.1) is 0 Å². The Balaban J connectivity index is 2.19. The number of aliphatic hydroxyl groups is 4. The molecule has 1 heterocycles. The fraction of sp³-hybridized carbons (Fsp3) is 0.926. The maximum absolute atomic E-state index is 12.8. The highest BCUT2D eigenvalue weighted by Crippen LogP contribution is 2.23. The number of aliphatic hydroxyl groups excluding tert-OH is 4. The van der Waals surface area contributed by atoms with Crippen LogP contribution in [0.2, 0.25) is 0 Å². The highest BCUT2D eigenvalue weighted by molar-refractivity contribution is 5.70. The molecule has 0 spiro atoms. The van der Waals surface area contributed by atoms with Gasteiger partial charge in [-0.2, -0.15) is 0 Å². The van der Waals surface area contributed by atoms with Crippen LogP contribution in [-0.4, -0.2) is 89.0 Å². The first-order chi connectivity index (χ1) is 31.3. The quantitative estimate of drug-likeness (QED) is 0.0264. The molecule has 1 rings (SSSR count). The standard InChI is InChI=1S/C54H102O10/c1-3-5-7-9-11-13-15-17-19-20-21-22-23-24-25-26-27-29-30-32-34-36-38-40-42-49(56)61-45-47(46-62-54-53(60)52(59)51(58)48(44-55)64-54)63-50(57)43-41-39-37-35-33-31-28-18-16-14-12-10-8-6-4-2/h18,28,47-48,51-55,58-60H,3-17,19-27,29-46H2,1-2H3/b28-18-. The van der Waals surface area contributed by atoms with Gasteiger partial charge in [-0.1, -0.05) is 225 Å². The van der Waals surface area contributed by atoms with Crippen molar-refractivity contribution in [2.45, 2.75) is 301 Å². The van der Waals surface area contributed by atoms with Crippen molar-refractivity contribution in [2.24, 2.45) is 0 Å². The van der Waals surface area contributed by atoms with E-state index < -0.39 is 49.4 Å². The van der Waals surface area contributed by atoms with Crippen LogP contribution in [0.1, 0.15) is 264 Å². The van der Waals surface area contributed by atoms with Crippen LogP contribution in [0.15, 0.2) is 12.2 Å². The summed E-state index contributed by atoms with van der Waals surface area (Å²) in [6, 6.07) is 0. The van der Waals surface area contributed by atoms with Gasteiger partial charge in [0.05, 0.1) is 13.2 Å². The number of hydrogen-bond acceptors (Lipinski definition) is 10. The normalized spacial score (nSPS) is 19.4. The van der Waals surface area contributed by atoms with E-state index in [1.54, 1.807) is 0 Å². The molecular weight excluding hydrogens is 809 g/mol. The number of carbonyl (C=O) groups is 2. The molecule has 1 aliphatic heterocycles. The van der Waals surface area contributed by atoms with E-state index in [0.717, 1.165) is 51.4 Å². The van der Waals surface area contributed by atoms with Crippen LogP contribution in [0.4, 0.5) is 0 Å². The van der Waals surface area contributed by atoms with Crippen LogP contribution in [-0.2, 0) is 28.5 Å². The first kappa shape index (κ1) is 60.5. The second-order valence-corrected chi connectivity index (χ2v) is 19.0. The van der Waals surface area contributed by atoms with Crippen molar-refractivity contribution in [3.8, 4) is 0 Å². The number of ether oxygens (including phenoxy) is 4. The molecule has 0 saturated carbocycles. The third-order valence-electron chi connectivity index (χ3n) is 12.9. The molecule has 1 aliphatic rings. The Labute approximate surface area is 392 Å². The molecule has 0 bridgehead atoms. The third-order valence-corrected chi connectivity index (χ3v) is 12.9. The van der Waals surface area contributed by atoms with E-state index in [0.29, 0.717) is 6.42 Å². The maximum atomic E-state index is 12.8. The number of rotatable bonds is 47. The largest absolute Gasteiger partial charge is 0.462 e. The van der Waals surface area contributed by atoms with Crippen LogP contribution in [0.3, 0.4) is 0 Å². The minimum absolute atomic E-state index is 0.215. The molecule has 0 aromatic carbocycles. The Morgan fingerprint density at radius 1 is 0.469 bits per heavy atom. The number of hydrogen-bond donors (Lipinski definition) is 4. The van der Waals surface area contributed by atoms with Gasteiger partial charge in [0, 0.05) is 12.8 Å². The molecule has 6 unspecified atom stereocenters. The summed E-state index contributed by atoms with van der Waals surface area (Å²) in [5, 5.41) is 40.2. The van der Waals surface area contributed by atoms with Crippen molar-refractivity contribution in [1.29, 1.82) is 0 Å². The second kappa shape index (κ2) is 45.2. The zero-order chi connectivity index (χ0) is 46.6. The van der Waals surface area contributed by atoms with E-state index in [9.17, 15) is 30.0 Å². The lowest BCUT2D eigenvalue weighted by molar-refractivity contribution is -0.305. The Morgan fingerprint density at radius 2 is 0.828 bits per heavy atom. The van der Waals surface area contributed by atoms with Gasteiger partial charge < -0.3 is 39.4 Å². The van der Waals surface area contributed by atoms with Crippen molar-refractivity contribution in [3.63, 3.8) is 0 Å². The fourth-order valence-electron chi connectivity index (χ4n) is 8.60. The average Bonchev–Trinajstić information content (AvgIpc) is 3.29. The van der Waals surface area contributed by atoms with E-state index in [-0.39, 0.29) is 32.0 Å². The minimum atomic E-state index is -1.59. The predicted molar refractivity (Wildman–Crippen MR) is 261 cm³/mol. The van der Waals surface area contributed by atoms with Gasteiger partial charge >= 0.3 is 11.9 Å². The lowest BCUT2D eigenvalue weighted by Crippen LogP contribution is -2.59. The average molecular weight is 911 g/mol. The zero-order valence-electron chi connectivity index (χ0n) is 41.6. The summed E-state index contributed by atoms with van der Waals surface area (Å²) in [6.45, 7) is 3.46. The summed E-state index contributed by atoms with van der Waals surface area (Å²) in [4.78, 5) is 25.5. The number of carbonyl (C=O) groups excluding carboxylic acids is 2. The van der Waals surface area contributed by atoms with Gasteiger partial charge in [-0.3, -0.25) is 9.59 Å². The molecule has 0 radical (unpaired) electrons. The predicted octanol–water partition coefficient (Wildman–Crippen LogP) is 13.1. The molecule has 1 fully saturated rings. The van der Waals surface area contributed by atoms with Crippen molar-refractivity contribution >= 4 is 11.9 Å². The van der Waals surface area contributed by atoms with Crippen LogP contribution >= 0.6 is 0 Å². The van der Waals surface area contributed by atoms with E-state index in [1.165, 1.54) is 180 Å². The van der Waals surface area contributed by atoms with Crippen LogP contribution < -0.4 is 0 Å². The van der Waals surface area contributed by atoms with E-state index in [1.807, 2.05) is 0 Å². The van der Waals surface area contributed by atoms with Gasteiger partial charge in [0.25, 0.3) is 0 Å². The summed E-state index contributed by atoms with van der Waals surface area (Å²) >= 11 is 0. The molecule has 1 saturated heterocycles. The molecule has 6 atom stereocenters. The van der Waals surface area contributed by atoms with Gasteiger partial charge in [0.1, 0.15) is 31.0 Å². The SMILES string of the molecule is CCCCCCCC/C=C\CCCCCCCC(=O)OC(COC(=O)CCCCCCCCCCCCCCCCCCCCCCCCCC)COC1OC(CO)C(O)C(O)C1O. The summed E-state index contributed by atoms with van der Waals surface area (Å²) in [5.41, 5.74) is 0. The van der Waals surface area contributed by atoms with E-state index in [4.69, 9.17) is 18.9 Å². The zero-order valence-corrected chi connectivity index (χ0v) is 41.6. The highest BCUT2D eigenvalue weighted by Gasteiger charge is 2.44. The first-order valence-electron chi connectivity index (χ1n) is 27.3. The molecule has 0 aromatic rings. The fourth-order valence-corrected chi connectivity index (χ4v) is 8.60. The van der Waals surface area contributed by atoms with Crippen LogP contribution in [0.25, 0.3) is 0 Å². The van der Waals surface area contributed by atoms with Gasteiger partial charge in [-0.05, 0) is 38.5 Å². The highest BCUT2D eigenvalue weighted by atomic mass is 16.7. The van der Waals surface area contributed by atoms with Crippen molar-refractivity contribution in [3.05, 3.63) is 12.2 Å². The third kappa shape index (κ3) is 35.6. The number of unbranched alkanes of at least 4 members (excludes halogenated alkanes) is 34. The Kier molecular flexibility index (Phi) is 42.7. The Morgan fingerprint density at radius 3 is 1.22 bits per heavy atom.